The smallest absolute Gasteiger partial charge is 0.291 e. The first-order valence-corrected chi connectivity index (χ1v) is 15.1. The van der Waals surface area contributed by atoms with Crippen molar-refractivity contribution in [3.63, 3.8) is 0 Å². The lowest BCUT2D eigenvalue weighted by atomic mass is 10.1. The van der Waals surface area contributed by atoms with Gasteiger partial charge in [0.15, 0.2) is 28.8 Å². The Bertz CT molecular complexity index is 2100. The predicted octanol–water partition coefficient (Wildman–Crippen LogP) is 5.54. The molecule has 3 aromatic heterocycles. The van der Waals surface area contributed by atoms with Crippen LogP contribution in [0, 0.1) is 0 Å². The summed E-state index contributed by atoms with van der Waals surface area (Å²) in [7, 11) is 4.80. The SMILES string of the molecule is CCCOc1ccc(/C=C/c2nc3s/c(=C\c4cn(-c5ccccc5)nc4-c4ccc(OC)c(OC)c4)c(=O)n3n2)cc1OC. The Morgan fingerprint density at radius 1 is 0.844 bits per heavy atom. The second-order valence-electron chi connectivity index (χ2n) is 9.96. The number of rotatable bonds is 11. The van der Waals surface area contributed by atoms with Gasteiger partial charge in [-0.1, -0.05) is 48.6 Å². The Morgan fingerprint density at radius 3 is 2.33 bits per heavy atom. The number of hydrogen-bond donors (Lipinski definition) is 0. The van der Waals surface area contributed by atoms with Crippen LogP contribution in [0.5, 0.6) is 23.0 Å². The Balaban J connectivity index is 1.35. The van der Waals surface area contributed by atoms with Crippen LogP contribution in [0.2, 0.25) is 0 Å². The van der Waals surface area contributed by atoms with Gasteiger partial charge in [-0.2, -0.15) is 14.6 Å². The Kier molecular flexibility index (Phi) is 8.61. The molecule has 0 aliphatic carbocycles. The van der Waals surface area contributed by atoms with E-state index in [4.69, 9.17) is 24.0 Å². The van der Waals surface area contributed by atoms with Gasteiger partial charge in [0.25, 0.3) is 5.56 Å². The van der Waals surface area contributed by atoms with Gasteiger partial charge >= 0.3 is 0 Å². The maximum atomic E-state index is 13.5. The van der Waals surface area contributed by atoms with Crippen molar-refractivity contribution >= 4 is 34.5 Å². The van der Waals surface area contributed by atoms with Crippen LogP contribution in [-0.4, -0.2) is 52.3 Å². The molecule has 0 atom stereocenters. The monoisotopic (exact) mass is 621 g/mol. The lowest BCUT2D eigenvalue weighted by Gasteiger charge is -2.10. The second-order valence-corrected chi connectivity index (χ2v) is 11.0. The third kappa shape index (κ3) is 6.16. The molecule has 0 fully saturated rings. The van der Waals surface area contributed by atoms with E-state index in [9.17, 15) is 4.79 Å². The molecule has 0 radical (unpaired) electrons. The number of ether oxygens (including phenoxy) is 4. The van der Waals surface area contributed by atoms with E-state index in [0.29, 0.717) is 50.6 Å². The van der Waals surface area contributed by atoms with Gasteiger partial charge in [-0.3, -0.25) is 4.79 Å². The molecule has 11 heteroatoms. The molecule has 45 heavy (non-hydrogen) atoms. The molecule has 0 saturated carbocycles. The van der Waals surface area contributed by atoms with Crippen molar-refractivity contribution in [2.75, 3.05) is 27.9 Å². The van der Waals surface area contributed by atoms with E-state index in [1.165, 1.54) is 15.9 Å². The zero-order valence-corrected chi connectivity index (χ0v) is 26.1. The molecule has 0 spiro atoms. The Morgan fingerprint density at radius 2 is 1.60 bits per heavy atom. The van der Waals surface area contributed by atoms with Gasteiger partial charge in [-0.25, -0.2) is 4.68 Å². The van der Waals surface area contributed by atoms with Gasteiger partial charge in [0, 0.05) is 17.3 Å². The van der Waals surface area contributed by atoms with Crippen molar-refractivity contribution in [3.05, 3.63) is 105 Å². The van der Waals surface area contributed by atoms with Crippen LogP contribution in [-0.2, 0) is 0 Å². The molecular formula is C34H31N5O5S. The first-order valence-electron chi connectivity index (χ1n) is 14.3. The highest BCUT2D eigenvalue weighted by molar-refractivity contribution is 7.15. The van der Waals surface area contributed by atoms with Crippen molar-refractivity contribution in [2.45, 2.75) is 13.3 Å². The summed E-state index contributed by atoms with van der Waals surface area (Å²) in [4.78, 5) is 18.5. The summed E-state index contributed by atoms with van der Waals surface area (Å²) in [5, 5.41) is 9.33. The summed E-state index contributed by atoms with van der Waals surface area (Å²) in [6.45, 7) is 2.67. The fourth-order valence-corrected chi connectivity index (χ4v) is 5.67. The van der Waals surface area contributed by atoms with Crippen molar-refractivity contribution < 1.29 is 18.9 Å². The molecule has 0 unspecified atom stereocenters. The van der Waals surface area contributed by atoms with E-state index in [0.717, 1.165) is 28.8 Å². The van der Waals surface area contributed by atoms with Crippen molar-refractivity contribution in [3.8, 4) is 39.9 Å². The molecule has 0 N–H and O–H groups in total. The van der Waals surface area contributed by atoms with Gasteiger partial charge in [0.1, 0.15) is 5.69 Å². The molecule has 6 aromatic rings. The molecule has 0 bridgehead atoms. The Labute approximate surface area is 263 Å². The highest BCUT2D eigenvalue weighted by Crippen LogP contribution is 2.34. The Hall–Kier alpha value is -5.42. The maximum Gasteiger partial charge on any atom is 0.291 e. The summed E-state index contributed by atoms with van der Waals surface area (Å²) < 4.78 is 25.8. The summed E-state index contributed by atoms with van der Waals surface area (Å²) in [6.07, 6.45) is 8.27. The van der Waals surface area contributed by atoms with Crippen LogP contribution in [0.15, 0.2) is 77.7 Å². The molecule has 0 aliphatic heterocycles. The average Bonchev–Trinajstić information content (AvgIpc) is 3.77. The molecule has 3 aromatic carbocycles. The first kappa shape index (κ1) is 29.6. The third-order valence-corrected chi connectivity index (χ3v) is 7.94. The summed E-state index contributed by atoms with van der Waals surface area (Å²) in [5.74, 6) is 2.97. The van der Waals surface area contributed by atoms with Crippen LogP contribution < -0.4 is 29.0 Å². The van der Waals surface area contributed by atoms with Gasteiger partial charge in [0.2, 0.25) is 4.96 Å². The lowest BCUT2D eigenvalue weighted by Crippen LogP contribution is -2.23. The first-order chi connectivity index (χ1) is 22.0. The van der Waals surface area contributed by atoms with Crippen LogP contribution >= 0.6 is 11.3 Å². The molecule has 6 rings (SSSR count). The minimum Gasteiger partial charge on any atom is -0.493 e. The van der Waals surface area contributed by atoms with Crippen LogP contribution in [0.25, 0.3) is 40.1 Å². The topological polar surface area (TPSA) is 102 Å². The number of nitrogens with zero attached hydrogens (tertiary/aromatic N) is 5. The quantitative estimate of drug-likeness (QED) is 0.186. The maximum absolute atomic E-state index is 13.5. The molecule has 3 heterocycles. The van der Waals surface area contributed by atoms with Gasteiger partial charge < -0.3 is 18.9 Å². The van der Waals surface area contributed by atoms with E-state index in [1.807, 2.05) is 85.1 Å². The van der Waals surface area contributed by atoms with Crippen LogP contribution in [0.3, 0.4) is 0 Å². The van der Waals surface area contributed by atoms with E-state index in [2.05, 4.69) is 17.0 Å². The second kappa shape index (κ2) is 13.1. The van der Waals surface area contributed by atoms with E-state index in [-0.39, 0.29) is 5.56 Å². The fourth-order valence-electron chi connectivity index (χ4n) is 4.76. The number of hydrogen-bond acceptors (Lipinski definition) is 9. The minimum absolute atomic E-state index is 0.257. The highest BCUT2D eigenvalue weighted by Gasteiger charge is 2.16. The standard InChI is InChI=1S/C34H31N5O5S/c1-5-17-44-27-14-11-22(18-28(27)42-3)12-16-31-35-34-39(36-31)33(40)30(45-34)20-24-21-38(25-9-7-6-8-10-25)37-32(24)23-13-15-26(41-2)29(19-23)43-4/h6-16,18-21H,5,17H2,1-4H3/b16-12+,30-20-. The number of thiazole rings is 1. The van der Waals surface area contributed by atoms with Crippen molar-refractivity contribution in [1.29, 1.82) is 0 Å². The lowest BCUT2D eigenvalue weighted by molar-refractivity contribution is 0.294. The number of benzene rings is 3. The van der Waals surface area contributed by atoms with Crippen LogP contribution in [0.1, 0.15) is 30.3 Å². The normalized spacial score (nSPS) is 11.9. The summed E-state index contributed by atoms with van der Waals surface area (Å²) >= 11 is 1.27. The molecule has 228 valence electrons. The van der Waals surface area contributed by atoms with Crippen LogP contribution in [0.4, 0.5) is 0 Å². The fraction of sp³-hybridized carbons (Fsp3) is 0.176. The predicted molar refractivity (Wildman–Crippen MR) is 176 cm³/mol. The van der Waals surface area contributed by atoms with Crippen molar-refractivity contribution in [1.82, 2.24) is 24.4 Å². The largest absolute Gasteiger partial charge is 0.493 e. The molecule has 0 amide bonds. The molecule has 0 saturated heterocycles. The molecular weight excluding hydrogens is 590 g/mol. The zero-order chi connectivity index (χ0) is 31.3. The minimum atomic E-state index is -0.257. The van der Waals surface area contributed by atoms with Gasteiger partial charge in [-0.15, -0.1) is 5.10 Å². The average molecular weight is 622 g/mol. The summed E-state index contributed by atoms with van der Waals surface area (Å²) in [5.41, 5.74) is 3.78. The number of para-hydroxylation sites is 1. The van der Waals surface area contributed by atoms with E-state index >= 15 is 0 Å². The third-order valence-electron chi connectivity index (χ3n) is 6.98. The van der Waals surface area contributed by atoms with Gasteiger partial charge in [0.05, 0.1) is 38.2 Å². The van der Waals surface area contributed by atoms with Gasteiger partial charge in [-0.05, 0) is 66.6 Å². The molecule has 0 aliphatic rings. The zero-order valence-electron chi connectivity index (χ0n) is 25.3. The number of methoxy groups -OCH3 is 3. The van der Waals surface area contributed by atoms with E-state index < -0.39 is 0 Å². The number of aromatic nitrogens is 5. The highest BCUT2D eigenvalue weighted by atomic mass is 32.1. The van der Waals surface area contributed by atoms with Crippen molar-refractivity contribution in [2.24, 2.45) is 0 Å². The number of fused-ring (bicyclic) bond motifs is 1. The molecule has 10 nitrogen and oxygen atoms in total. The summed E-state index contributed by atoms with van der Waals surface area (Å²) in [6, 6.07) is 21.1. The van der Waals surface area contributed by atoms with E-state index in [1.54, 1.807) is 32.1 Å².